The molecule has 2 aromatic rings. The van der Waals surface area contributed by atoms with Gasteiger partial charge in [0.25, 0.3) is 0 Å². The standard InChI is InChI=1S/C12H15N5S/c1-3-9-11(14-4-2)16-8-17-12(9)18-10-5-6-13-7-15-10/h5-8H,3-4H2,1-2H3,(H,14,16,17). The minimum atomic E-state index is 0.849. The number of rotatable bonds is 5. The first-order valence-electron chi connectivity index (χ1n) is 5.86. The van der Waals surface area contributed by atoms with E-state index >= 15 is 0 Å². The first-order chi connectivity index (χ1) is 8.85. The summed E-state index contributed by atoms with van der Waals surface area (Å²) in [6.07, 6.45) is 5.74. The molecular formula is C12H15N5S. The monoisotopic (exact) mass is 261 g/mol. The van der Waals surface area contributed by atoms with Crippen molar-refractivity contribution in [1.82, 2.24) is 19.9 Å². The lowest BCUT2D eigenvalue weighted by molar-refractivity contribution is 0.933. The normalized spacial score (nSPS) is 10.3. The van der Waals surface area contributed by atoms with Crippen molar-refractivity contribution in [3.05, 3.63) is 30.5 Å². The lowest BCUT2D eigenvalue weighted by Crippen LogP contribution is -2.05. The van der Waals surface area contributed by atoms with Crippen LogP contribution in [0.3, 0.4) is 0 Å². The Morgan fingerprint density at radius 2 is 2.06 bits per heavy atom. The Labute approximate surface area is 110 Å². The van der Waals surface area contributed by atoms with E-state index in [0.717, 1.165) is 34.4 Å². The lowest BCUT2D eigenvalue weighted by atomic mass is 10.2. The summed E-state index contributed by atoms with van der Waals surface area (Å²) in [5, 5.41) is 5.09. The van der Waals surface area contributed by atoms with Crippen molar-refractivity contribution in [1.29, 1.82) is 0 Å². The summed E-state index contributed by atoms with van der Waals surface area (Å²) in [5.74, 6) is 0.909. The van der Waals surface area contributed by atoms with E-state index < -0.39 is 0 Å². The fourth-order valence-electron chi connectivity index (χ4n) is 1.56. The van der Waals surface area contributed by atoms with E-state index in [9.17, 15) is 0 Å². The molecule has 0 spiro atoms. The lowest BCUT2D eigenvalue weighted by Gasteiger charge is -2.11. The number of anilines is 1. The molecule has 0 saturated carbocycles. The third kappa shape index (κ3) is 2.95. The molecule has 0 aliphatic carbocycles. The fourth-order valence-corrected chi connectivity index (χ4v) is 2.45. The van der Waals surface area contributed by atoms with Crippen LogP contribution in [0.15, 0.2) is 35.0 Å². The summed E-state index contributed by atoms with van der Waals surface area (Å²) in [5.41, 5.74) is 1.13. The van der Waals surface area contributed by atoms with Crippen LogP contribution < -0.4 is 5.32 Å². The van der Waals surface area contributed by atoms with Gasteiger partial charge in [0.1, 0.15) is 28.5 Å². The third-order valence-corrected chi connectivity index (χ3v) is 3.36. The van der Waals surface area contributed by atoms with Gasteiger partial charge in [-0.15, -0.1) is 0 Å². The van der Waals surface area contributed by atoms with Crippen molar-refractivity contribution in [2.24, 2.45) is 0 Å². The number of nitrogens with one attached hydrogen (secondary N) is 1. The molecule has 1 N–H and O–H groups in total. The Kier molecular flexibility index (Phi) is 4.46. The van der Waals surface area contributed by atoms with Crippen LogP contribution in [0.2, 0.25) is 0 Å². The van der Waals surface area contributed by atoms with E-state index in [1.165, 1.54) is 11.8 Å². The second-order valence-electron chi connectivity index (χ2n) is 3.54. The Morgan fingerprint density at radius 1 is 1.17 bits per heavy atom. The maximum atomic E-state index is 4.34. The van der Waals surface area contributed by atoms with Crippen LogP contribution in [0, 0.1) is 0 Å². The highest BCUT2D eigenvalue weighted by Gasteiger charge is 2.10. The molecule has 0 aliphatic rings. The molecule has 0 aliphatic heterocycles. The van der Waals surface area contributed by atoms with Gasteiger partial charge in [-0.3, -0.25) is 0 Å². The van der Waals surface area contributed by atoms with Gasteiger partial charge in [0, 0.05) is 18.3 Å². The van der Waals surface area contributed by atoms with Crippen LogP contribution in [0.4, 0.5) is 5.82 Å². The summed E-state index contributed by atoms with van der Waals surface area (Å²) in [6, 6.07) is 1.87. The highest BCUT2D eigenvalue weighted by molar-refractivity contribution is 7.99. The van der Waals surface area contributed by atoms with Gasteiger partial charge < -0.3 is 5.32 Å². The van der Waals surface area contributed by atoms with Crippen LogP contribution in [-0.2, 0) is 6.42 Å². The largest absolute Gasteiger partial charge is 0.370 e. The summed E-state index contributed by atoms with van der Waals surface area (Å²) >= 11 is 1.54. The van der Waals surface area contributed by atoms with E-state index in [4.69, 9.17) is 0 Å². The van der Waals surface area contributed by atoms with Gasteiger partial charge in [-0.25, -0.2) is 19.9 Å². The van der Waals surface area contributed by atoms with Crippen LogP contribution in [-0.4, -0.2) is 26.5 Å². The Hall–Kier alpha value is -1.69. The van der Waals surface area contributed by atoms with Gasteiger partial charge in [-0.05, 0) is 31.2 Å². The topological polar surface area (TPSA) is 63.6 Å². The summed E-state index contributed by atoms with van der Waals surface area (Å²) in [6.45, 7) is 5.00. The van der Waals surface area contributed by atoms with Gasteiger partial charge in [0.2, 0.25) is 0 Å². The van der Waals surface area contributed by atoms with Crippen molar-refractivity contribution in [3.63, 3.8) is 0 Å². The van der Waals surface area contributed by atoms with Crippen LogP contribution in [0.25, 0.3) is 0 Å². The summed E-state index contributed by atoms with van der Waals surface area (Å²) in [7, 11) is 0. The zero-order valence-electron chi connectivity index (χ0n) is 10.4. The Morgan fingerprint density at radius 3 is 2.72 bits per heavy atom. The molecule has 0 saturated heterocycles. The van der Waals surface area contributed by atoms with E-state index in [1.807, 2.05) is 6.07 Å². The highest BCUT2D eigenvalue weighted by Crippen LogP contribution is 2.29. The first kappa shape index (κ1) is 12.8. The quantitative estimate of drug-likeness (QED) is 0.834. The predicted molar refractivity (Wildman–Crippen MR) is 71.7 cm³/mol. The molecule has 5 nitrogen and oxygen atoms in total. The molecule has 0 aromatic carbocycles. The maximum absolute atomic E-state index is 4.34. The fraction of sp³-hybridized carbons (Fsp3) is 0.333. The van der Waals surface area contributed by atoms with E-state index in [2.05, 4.69) is 39.1 Å². The Balaban J connectivity index is 2.30. The van der Waals surface area contributed by atoms with Crippen LogP contribution >= 0.6 is 11.8 Å². The first-order valence-corrected chi connectivity index (χ1v) is 6.68. The molecule has 94 valence electrons. The van der Waals surface area contributed by atoms with Crippen LogP contribution in [0.5, 0.6) is 0 Å². The van der Waals surface area contributed by atoms with Crippen molar-refractivity contribution in [2.75, 3.05) is 11.9 Å². The second kappa shape index (κ2) is 6.30. The number of aromatic nitrogens is 4. The smallest absolute Gasteiger partial charge is 0.133 e. The summed E-state index contributed by atoms with van der Waals surface area (Å²) < 4.78 is 0. The molecule has 0 amide bonds. The SMILES string of the molecule is CCNc1ncnc(Sc2ccncn2)c1CC. The van der Waals surface area contributed by atoms with E-state index in [1.54, 1.807) is 18.9 Å². The Bertz CT molecular complexity index is 503. The van der Waals surface area contributed by atoms with Gasteiger partial charge in [-0.1, -0.05) is 6.92 Å². The number of hydrogen-bond acceptors (Lipinski definition) is 6. The van der Waals surface area contributed by atoms with Gasteiger partial charge >= 0.3 is 0 Å². The second-order valence-corrected chi connectivity index (χ2v) is 4.55. The average Bonchev–Trinajstić information content (AvgIpc) is 2.41. The van der Waals surface area contributed by atoms with E-state index in [0.29, 0.717) is 0 Å². The predicted octanol–water partition coefficient (Wildman–Crippen LogP) is 2.41. The van der Waals surface area contributed by atoms with Crippen molar-refractivity contribution < 1.29 is 0 Å². The maximum Gasteiger partial charge on any atom is 0.133 e. The molecule has 2 rings (SSSR count). The third-order valence-electron chi connectivity index (χ3n) is 2.36. The zero-order valence-corrected chi connectivity index (χ0v) is 11.2. The molecular weight excluding hydrogens is 246 g/mol. The average molecular weight is 261 g/mol. The van der Waals surface area contributed by atoms with Crippen molar-refractivity contribution >= 4 is 17.6 Å². The molecule has 0 radical (unpaired) electrons. The van der Waals surface area contributed by atoms with Gasteiger partial charge in [0.05, 0.1) is 0 Å². The molecule has 0 atom stereocenters. The molecule has 18 heavy (non-hydrogen) atoms. The van der Waals surface area contributed by atoms with Crippen molar-refractivity contribution in [3.8, 4) is 0 Å². The minimum Gasteiger partial charge on any atom is -0.370 e. The van der Waals surface area contributed by atoms with Crippen molar-refractivity contribution in [2.45, 2.75) is 30.3 Å². The highest BCUT2D eigenvalue weighted by atomic mass is 32.2. The zero-order chi connectivity index (χ0) is 12.8. The minimum absolute atomic E-state index is 0.849. The number of hydrogen-bond donors (Lipinski definition) is 1. The van der Waals surface area contributed by atoms with Gasteiger partial charge in [-0.2, -0.15) is 0 Å². The molecule has 2 aromatic heterocycles. The molecule has 6 heteroatoms. The molecule has 0 bridgehead atoms. The molecule has 0 unspecified atom stereocenters. The van der Waals surface area contributed by atoms with Crippen LogP contribution in [0.1, 0.15) is 19.4 Å². The molecule has 0 fully saturated rings. The summed E-state index contributed by atoms with van der Waals surface area (Å²) in [4.78, 5) is 16.7. The molecule has 2 heterocycles. The number of nitrogens with zero attached hydrogens (tertiary/aromatic N) is 4. The van der Waals surface area contributed by atoms with E-state index in [-0.39, 0.29) is 0 Å². The van der Waals surface area contributed by atoms with Gasteiger partial charge in [0.15, 0.2) is 0 Å².